The topological polar surface area (TPSA) is 79.3 Å². The third-order valence-electron chi connectivity index (χ3n) is 6.20. The van der Waals surface area contributed by atoms with E-state index in [4.69, 9.17) is 16.6 Å². The van der Waals surface area contributed by atoms with Crippen LogP contribution in [0.4, 0.5) is 10.1 Å². The summed E-state index contributed by atoms with van der Waals surface area (Å²) in [7, 11) is 0. The van der Waals surface area contributed by atoms with Crippen LogP contribution in [-0.2, 0) is 11.3 Å². The molecule has 0 spiro atoms. The minimum atomic E-state index is -0.565. The van der Waals surface area contributed by atoms with Gasteiger partial charge in [-0.05, 0) is 69.6 Å². The predicted octanol–water partition coefficient (Wildman–Crippen LogP) is 3.96. The number of carbonyl (C=O) groups is 1. The second-order valence-corrected chi connectivity index (χ2v) is 9.65. The molecule has 0 radical (unpaired) electrons. The summed E-state index contributed by atoms with van der Waals surface area (Å²) in [5, 5.41) is 6.73. The van der Waals surface area contributed by atoms with Gasteiger partial charge < -0.3 is 15.5 Å². The van der Waals surface area contributed by atoms with Gasteiger partial charge in [-0.3, -0.25) is 14.2 Å². The lowest BCUT2D eigenvalue weighted by atomic mass is 10.1. The summed E-state index contributed by atoms with van der Waals surface area (Å²) in [4.78, 5) is 33.4. The summed E-state index contributed by atoms with van der Waals surface area (Å²) < 4.78 is 15.1. The lowest BCUT2D eigenvalue weighted by Crippen LogP contribution is -2.37. The van der Waals surface area contributed by atoms with E-state index in [2.05, 4.69) is 22.5 Å². The fourth-order valence-electron chi connectivity index (χ4n) is 4.42. The second kappa shape index (κ2) is 10.7. The number of carbonyl (C=O) groups excluding carboxylic acids is 1. The van der Waals surface area contributed by atoms with Crippen molar-refractivity contribution >= 4 is 34.1 Å². The van der Waals surface area contributed by atoms with E-state index in [1.165, 1.54) is 22.8 Å². The summed E-state index contributed by atoms with van der Waals surface area (Å²) >= 11 is 6.01. The summed E-state index contributed by atoms with van der Waals surface area (Å²) in [6, 6.07) is 10.1. The zero-order valence-corrected chi connectivity index (χ0v) is 21.0. The van der Waals surface area contributed by atoms with Crippen molar-refractivity contribution in [2.24, 2.45) is 0 Å². The molecule has 1 saturated heterocycles. The Kier molecular flexibility index (Phi) is 7.72. The Hall–Kier alpha value is -2.97. The highest BCUT2D eigenvalue weighted by Crippen LogP contribution is 2.26. The van der Waals surface area contributed by atoms with E-state index in [0.29, 0.717) is 22.5 Å². The molecule has 1 unspecified atom stereocenters. The Morgan fingerprint density at radius 3 is 2.80 bits per heavy atom. The first-order valence-electron chi connectivity index (χ1n) is 12.0. The normalized spacial score (nSPS) is 16.5. The van der Waals surface area contributed by atoms with Gasteiger partial charge in [0.25, 0.3) is 5.56 Å². The van der Waals surface area contributed by atoms with Crippen LogP contribution in [0.1, 0.15) is 33.6 Å². The lowest BCUT2D eigenvalue weighted by Gasteiger charge is -2.26. The van der Waals surface area contributed by atoms with Crippen LogP contribution in [0.15, 0.2) is 41.2 Å². The van der Waals surface area contributed by atoms with E-state index in [0.717, 1.165) is 38.2 Å². The molecule has 0 saturated carbocycles. The van der Waals surface area contributed by atoms with E-state index < -0.39 is 5.82 Å². The van der Waals surface area contributed by atoms with Crippen LogP contribution in [-0.4, -0.2) is 47.2 Å². The van der Waals surface area contributed by atoms with Crippen LogP contribution in [0.25, 0.3) is 22.3 Å². The molecular weight excluding hydrogens is 469 g/mol. The SMILES string of the molecule is CCC1CN(c2ccc3nc(-c4ccc(F)c(Cl)c4)n(CC(=O)NC(C)C)c(=O)c3c2)CCCN1. The van der Waals surface area contributed by atoms with Crippen molar-refractivity contribution in [1.29, 1.82) is 0 Å². The van der Waals surface area contributed by atoms with Crippen LogP contribution < -0.4 is 21.1 Å². The first kappa shape index (κ1) is 25.1. The van der Waals surface area contributed by atoms with Gasteiger partial charge in [0.2, 0.25) is 5.91 Å². The number of nitrogens with one attached hydrogen (secondary N) is 2. The molecule has 0 aliphatic carbocycles. The monoisotopic (exact) mass is 499 g/mol. The molecule has 0 bridgehead atoms. The summed E-state index contributed by atoms with van der Waals surface area (Å²) in [5.74, 6) is -0.607. The van der Waals surface area contributed by atoms with E-state index in [-0.39, 0.29) is 34.9 Å². The second-order valence-electron chi connectivity index (χ2n) is 9.24. The Balaban J connectivity index is 1.83. The van der Waals surface area contributed by atoms with Crippen molar-refractivity contribution in [3.8, 4) is 11.4 Å². The third kappa shape index (κ3) is 5.65. The Morgan fingerprint density at radius 1 is 1.29 bits per heavy atom. The van der Waals surface area contributed by atoms with Crippen molar-refractivity contribution in [2.45, 2.75) is 52.2 Å². The molecule has 1 amide bonds. The highest BCUT2D eigenvalue weighted by atomic mass is 35.5. The molecule has 1 fully saturated rings. The number of hydrogen-bond donors (Lipinski definition) is 2. The van der Waals surface area contributed by atoms with E-state index in [1.54, 1.807) is 0 Å². The van der Waals surface area contributed by atoms with E-state index in [9.17, 15) is 14.0 Å². The first-order chi connectivity index (χ1) is 16.8. The number of amides is 1. The van der Waals surface area contributed by atoms with Crippen molar-refractivity contribution in [3.05, 3.63) is 57.6 Å². The van der Waals surface area contributed by atoms with Crippen molar-refractivity contribution < 1.29 is 9.18 Å². The Morgan fingerprint density at radius 2 is 2.09 bits per heavy atom. The lowest BCUT2D eigenvalue weighted by molar-refractivity contribution is -0.122. The molecule has 4 rings (SSSR count). The number of benzene rings is 2. The molecule has 1 aromatic heterocycles. The summed E-state index contributed by atoms with van der Waals surface area (Å²) in [6.45, 7) is 8.37. The maximum absolute atomic E-state index is 13.8. The van der Waals surface area contributed by atoms with E-state index >= 15 is 0 Å². The molecular formula is C26H31ClFN5O2. The zero-order chi connectivity index (χ0) is 25.1. The third-order valence-corrected chi connectivity index (χ3v) is 6.49. The predicted molar refractivity (Wildman–Crippen MR) is 139 cm³/mol. The van der Waals surface area contributed by atoms with Gasteiger partial charge in [0.05, 0.1) is 15.9 Å². The highest BCUT2D eigenvalue weighted by Gasteiger charge is 2.20. The average Bonchev–Trinajstić information content (AvgIpc) is 3.08. The summed E-state index contributed by atoms with van der Waals surface area (Å²) in [6.07, 6.45) is 2.03. The molecule has 35 heavy (non-hydrogen) atoms. The molecule has 1 aliphatic rings. The molecule has 2 N–H and O–H groups in total. The molecule has 2 aromatic carbocycles. The van der Waals surface area contributed by atoms with Crippen molar-refractivity contribution in [2.75, 3.05) is 24.5 Å². The maximum atomic E-state index is 13.8. The van der Waals surface area contributed by atoms with E-state index in [1.807, 2.05) is 32.0 Å². The van der Waals surface area contributed by atoms with Gasteiger partial charge in [0.1, 0.15) is 18.2 Å². The molecule has 2 heterocycles. The van der Waals surface area contributed by atoms with Gasteiger partial charge in [0, 0.05) is 36.4 Å². The van der Waals surface area contributed by atoms with Crippen LogP contribution in [0.5, 0.6) is 0 Å². The van der Waals surface area contributed by atoms with Gasteiger partial charge in [0.15, 0.2) is 0 Å². The summed E-state index contributed by atoms with van der Waals surface area (Å²) in [5.41, 5.74) is 1.59. The van der Waals surface area contributed by atoms with Gasteiger partial charge in [-0.15, -0.1) is 0 Å². The van der Waals surface area contributed by atoms with Gasteiger partial charge in [-0.25, -0.2) is 9.37 Å². The minimum absolute atomic E-state index is 0.0781. The fraction of sp³-hybridized carbons (Fsp3) is 0.423. The van der Waals surface area contributed by atoms with Crippen LogP contribution in [0.2, 0.25) is 5.02 Å². The maximum Gasteiger partial charge on any atom is 0.262 e. The van der Waals surface area contributed by atoms with Gasteiger partial charge >= 0.3 is 0 Å². The number of anilines is 1. The standard InChI is InChI=1S/C26H31ClFN5O2/c1-4-18-14-32(11-5-10-29-18)19-7-9-23-20(13-19)26(35)33(15-24(34)30-16(2)3)25(31-23)17-6-8-22(28)21(27)12-17/h6-9,12-13,16,18,29H,4-5,10-11,14-15H2,1-3H3,(H,30,34). The molecule has 7 nitrogen and oxygen atoms in total. The fourth-order valence-corrected chi connectivity index (χ4v) is 4.61. The smallest absolute Gasteiger partial charge is 0.262 e. The largest absolute Gasteiger partial charge is 0.370 e. The first-order valence-corrected chi connectivity index (χ1v) is 12.4. The quantitative estimate of drug-likeness (QED) is 0.536. The van der Waals surface area contributed by atoms with Crippen molar-refractivity contribution in [1.82, 2.24) is 20.2 Å². The molecule has 1 atom stereocenters. The van der Waals surface area contributed by atoms with Gasteiger partial charge in [-0.1, -0.05) is 18.5 Å². The van der Waals surface area contributed by atoms with Crippen LogP contribution in [0, 0.1) is 5.82 Å². The average molecular weight is 500 g/mol. The Bertz CT molecular complexity index is 1290. The highest BCUT2D eigenvalue weighted by molar-refractivity contribution is 6.31. The zero-order valence-electron chi connectivity index (χ0n) is 20.3. The van der Waals surface area contributed by atoms with Crippen LogP contribution in [0.3, 0.4) is 0 Å². The van der Waals surface area contributed by atoms with Crippen LogP contribution >= 0.6 is 11.6 Å². The molecule has 9 heteroatoms. The number of halogens is 2. The number of fused-ring (bicyclic) bond motifs is 1. The number of nitrogens with zero attached hydrogens (tertiary/aromatic N) is 3. The number of hydrogen-bond acceptors (Lipinski definition) is 5. The molecule has 1 aliphatic heterocycles. The molecule has 3 aromatic rings. The molecule has 186 valence electrons. The van der Waals surface area contributed by atoms with Gasteiger partial charge in [-0.2, -0.15) is 0 Å². The van der Waals surface area contributed by atoms with Crippen molar-refractivity contribution in [3.63, 3.8) is 0 Å². The number of rotatable bonds is 6. The number of aromatic nitrogens is 2. The minimum Gasteiger partial charge on any atom is -0.370 e. The Labute approximate surface area is 209 Å².